The summed E-state index contributed by atoms with van der Waals surface area (Å²) in [6.07, 6.45) is 1.37. The number of aromatic nitrogens is 1. The third-order valence-electron chi connectivity index (χ3n) is 4.21. The first-order valence-corrected chi connectivity index (χ1v) is 8.42. The lowest BCUT2D eigenvalue weighted by atomic mass is 10.1. The highest BCUT2D eigenvalue weighted by molar-refractivity contribution is 5.85. The molecule has 2 N–H and O–H groups in total. The third-order valence-corrected chi connectivity index (χ3v) is 4.21. The molecule has 0 aliphatic heterocycles. The largest absolute Gasteiger partial charge is 0.463 e. The SMILES string of the molecule is CC(N)C(=O)Oc1ccc2c(=O)c(-c3ccc4ccccc4n3)coc2c1. The van der Waals surface area contributed by atoms with Crippen LogP contribution in [0, 0.1) is 0 Å². The van der Waals surface area contributed by atoms with Crippen molar-refractivity contribution in [3.05, 3.63) is 71.1 Å². The molecule has 0 spiro atoms. The lowest BCUT2D eigenvalue weighted by Crippen LogP contribution is -2.30. The van der Waals surface area contributed by atoms with Crippen LogP contribution in [0.2, 0.25) is 0 Å². The van der Waals surface area contributed by atoms with E-state index in [0.717, 1.165) is 10.9 Å². The molecular formula is C21H16N2O4. The predicted octanol–water partition coefficient (Wildman–Crippen LogP) is 3.26. The summed E-state index contributed by atoms with van der Waals surface area (Å²) in [5.41, 5.74) is 7.31. The zero-order valence-corrected chi connectivity index (χ0v) is 14.5. The Kier molecular flexibility index (Phi) is 4.18. The van der Waals surface area contributed by atoms with Crippen molar-refractivity contribution in [1.82, 2.24) is 4.98 Å². The molecule has 4 aromatic rings. The Morgan fingerprint density at radius 3 is 2.78 bits per heavy atom. The average molecular weight is 360 g/mol. The van der Waals surface area contributed by atoms with Crippen LogP contribution in [-0.4, -0.2) is 17.0 Å². The maximum atomic E-state index is 12.9. The topological polar surface area (TPSA) is 95.4 Å². The highest BCUT2D eigenvalue weighted by atomic mass is 16.5. The minimum atomic E-state index is -0.742. The standard InChI is InChI=1S/C21H16N2O4/c1-12(22)21(25)27-14-7-8-15-19(10-14)26-11-16(20(15)24)18-9-6-13-4-2-3-5-17(13)23-18/h2-12H,22H2,1H3. The van der Waals surface area contributed by atoms with Gasteiger partial charge in [-0.05, 0) is 31.2 Å². The van der Waals surface area contributed by atoms with Crippen molar-refractivity contribution in [2.24, 2.45) is 5.73 Å². The smallest absolute Gasteiger partial charge is 0.328 e. The molecule has 0 aliphatic rings. The Morgan fingerprint density at radius 2 is 1.96 bits per heavy atom. The van der Waals surface area contributed by atoms with Crippen molar-refractivity contribution in [2.45, 2.75) is 13.0 Å². The Labute approximate surface area is 154 Å². The molecule has 0 amide bonds. The van der Waals surface area contributed by atoms with Gasteiger partial charge in [0.25, 0.3) is 0 Å². The van der Waals surface area contributed by atoms with Crippen molar-refractivity contribution in [3.8, 4) is 17.0 Å². The van der Waals surface area contributed by atoms with Gasteiger partial charge in [0.05, 0.1) is 22.2 Å². The van der Waals surface area contributed by atoms with E-state index in [1.165, 1.54) is 25.3 Å². The highest BCUT2D eigenvalue weighted by Crippen LogP contribution is 2.24. The average Bonchev–Trinajstić information content (AvgIpc) is 2.68. The van der Waals surface area contributed by atoms with Crippen LogP contribution in [-0.2, 0) is 4.79 Å². The lowest BCUT2D eigenvalue weighted by Gasteiger charge is -2.08. The molecule has 0 radical (unpaired) electrons. The van der Waals surface area contributed by atoms with E-state index >= 15 is 0 Å². The number of nitrogens with zero attached hydrogens (tertiary/aromatic N) is 1. The van der Waals surface area contributed by atoms with Gasteiger partial charge in [0.2, 0.25) is 5.43 Å². The van der Waals surface area contributed by atoms with Crippen LogP contribution in [0.15, 0.2) is 70.1 Å². The fraction of sp³-hybridized carbons (Fsp3) is 0.0952. The summed E-state index contributed by atoms with van der Waals surface area (Å²) in [4.78, 5) is 29.0. The van der Waals surface area contributed by atoms with Gasteiger partial charge in [-0.2, -0.15) is 0 Å². The second kappa shape index (κ2) is 6.66. The summed E-state index contributed by atoms with van der Waals surface area (Å²) < 4.78 is 10.8. The molecule has 0 fully saturated rings. The number of carbonyl (C=O) groups is 1. The summed E-state index contributed by atoms with van der Waals surface area (Å²) in [5, 5.41) is 1.37. The number of pyridine rings is 1. The molecule has 0 saturated heterocycles. The van der Waals surface area contributed by atoms with E-state index in [2.05, 4.69) is 4.98 Å². The Balaban J connectivity index is 1.77. The van der Waals surface area contributed by atoms with Gasteiger partial charge in [0, 0.05) is 11.5 Å². The molecule has 134 valence electrons. The molecule has 1 atom stereocenters. The second-order valence-electron chi connectivity index (χ2n) is 6.24. The van der Waals surface area contributed by atoms with E-state index in [1.54, 1.807) is 12.1 Å². The fourth-order valence-corrected chi connectivity index (χ4v) is 2.77. The molecular weight excluding hydrogens is 344 g/mol. The Hall–Kier alpha value is -3.51. The summed E-state index contributed by atoms with van der Waals surface area (Å²) in [7, 11) is 0. The first-order valence-electron chi connectivity index (χ1n) is 8.42. The number of hydrogen-bond donors (Lipinski definition) is 1. The molecule has 0 bridgehead atoms. The molecule has 2 aromatic carbocycles. The van der Waals surface area contributed by atoms with Gasteiger partial charge in [0.1, 0.15) is 23.6 Å². The number of carbonyl (C=O) groups excluding carboxylic acids is 1. The van der Waals surface area contributed by atoms with Crippen LogP contribution in [0.3, 0.4) is 0 Å². The van der Waals surface area contributed by atoms with Crippen LogP contribution < -0.4 is 15.9 Å². The molecule has 6 heteroatoms. The van der Waals surface area contributed by atoms with Crippen LogP contribution in [0.4, 0.5) is 0 Å². The van der Waals surface area contributed by atoms with E-state index in [1.807, 2.05) is 30.3 Å². The summed E-state index contributed by atoms with van der Waals surface area (Å²) >= 11 is 0. The van der Waals surface area contributed by atoms with Gasteiger partial charge in [-0.3, -0.25) is 4.79 Å². The lowest BCUT2D eigenvalue weighted by molar-refractivity contribution is -0.135. The van der Waals surface area contributed by atoms with Crippen LogP contribution >= 0.6 is 0 Å². The van der Waals surface area contributed by atoms with Gasteiger partial charge in [-0.1, -0.05) is 24.3 Å². The zero-order chi connectivity index (χ0) is 19.0. The first kappa shape index (κ1) is 16.9. The highest BCUT2D eigenvalue weighted by Gasteiger charge is 2.14. The molecule has 1 unspecified atom stereocenters. The van der Waals surface area contributed by atoms with Crippen LogP contribution in [0.25, 0.3) is 33.1 Å². The van der Waals surface area contributed by atoms with E-state index < -0.39 is 12.0 Å². The maximum Gasteiger partial charge on any atom is 0.328 e. The number of rotatable bonds is 3. The normalized spacial score (nSPS) is 12.2. The van der Waals surface area contributed by atoms with Crippen molar-refractivity contribution in [3.63, 3.8) is 0 Å². The number of benzene rings is 2. The van der Waals surface area contributed by atoms with Crippen molar-refractivity contribution >= 4 is 27.8 Å². The van der Waals surface area contributed by atoms with Crippen LogP contribution in [0.5, 0.6) is 5.75 Å². The quantitative estimate of drug-likeness (QED) is 0.445. The third kappa shape index (κ3) is 3.18. The number of nitrogens with two attached hydrogens (primary N) is 1. The number of esters is 1. The first-order chi connectivity index (χ1) is 13.0. The molecule has 27 heavy (non-hydrogen) atoms. The molecule has 4 rings (SSSR count). The minimum Gasteiger partial charge on any atom is -0.463 e. The number of fused-ring (bicyclic) bond motifs is 2. The van der Waals surface area contributed by atoms with Gasteiger partial charge < -0.3 is 14.9 Å². The van der Waals surface area contributed by atoms with E-state index in [9.17, 15) is 9.59 Å². The zero-order valence-electron chi connectivity index (χ0n) is 14.5. The van der Waals surface area contributed by atoms with Gasteiger partial charge in [0.15, 0.2) is 0 Å². The summed E-state index contributed by atoms with van der Waals surface area (Å²) in [6.45, 7) is 1.53. The summed E-state index contributed by atoms with van der Waals surface area (Å²) in [5.74, 6) is -0.293. The van der Waals surface area contributed by atoms with E-state index in [0.29, 0.717) is 22.2 Å². The molecule has 0 aliphatic carbocycles. The van der Waals surface area contributed by atoms with Crippen molar-refractivity contribution in [2.75, 3.05) is 0 Å². The molecule has 2 aromatic heterocycles. The number of hydrogen-bond acceptors (Lipinski definition) is 6. The number of ether oxygens (including phenoxy) is 1. The molecule has 2 heterocycles. The van der Waals surface area contributed by atoms with Gasteiger partial charge >= 0.3 is 5.97 Å². The molecule has 0 saturated carbocycles. The van der Waals surface area contributed by atoms with Crippen molar-refractivity contribution in [1.29, 1.82) is 0 Å². The fourth-order valence-electron chi connectivity index (χ4n) is 2.77. The Morgan fingerprint density at radius 1 is 1.15 bits per heavy atom. The minimum absolute atomic E-state index is 0.205. The van der Waals surface area contributed by atoms with Gasteiger partial charge in [-0.15, -0.1) is 0 Å². The van der Waals surface area contributed by atoms with Crippen molar-refractivity contribution < 1.29 is 13.9 Å². The van der Waals surface area contributed by atoms with Gasteiger partial charge in [-0.25, -0.2) is 9.78 Å². The molecule has 6 nitrogen and oxygen atoms in total. The van der Waals surface area contributed by atoms with Crippen LogP contribution in [0.1, 0.15) is 6.92 Å². The maximum absolute atomic E-state index is 12.9. The van der Waals surface area contributed by atoms with E-state index in [4.69, 9.17) is 14.9 Å². The number of para-hydroxylation sites is 1. The summed E-state index contributed by atoms with van der Waals surface area (Å²) in [6, 6.07) is 15.2. The second-order valence-corrected chi connectivity index (χ2v) is 6.24. The monoisotopic (exact) mass is 360 g/mol. The Bertz CT molecular complexity index is 1230. The van der Waals surface area contributed by atoms with E-state index in [-0.39, 0.29) is 11.2 Å². The predicted molar refractivity (Wildman–Crippen MR) is 103 cm³/mol.